The number of alkyl halides is 1. The van der Waals surface area contributed by atoms with Crippen LogP contribution in [0, 0.1) is 5.41 Å². The van der Waals surface area contributed by atoms with Crippen molar-refractivity contribution in [3.63, 3.8) is 0 Å². The third-order valence-electron chi connectivity index (χ3n) is 0.832. The van der Waals surface area contributed by atoms with Crippen molar-refractivity contribution in [3.8, 4) is 0 Å². The van der Waals surface area contributed by atoms with Crippen LogP contribution in [0.5, 0.6) is 0 Å². The Morgan fingerprint density at radius 1 is 1.56 bits per heavy atom. The number of rotatable bonds is 2. The first kappa shape index (κ1) is 9.10. The molecule has 0 bridgehead atoms. The molecule has 0 amide bonds. The van der Waals surface area contributed by atoms with Gasteiger partial charge >= 0.3 is 0 Å². The van der Waals surface area contributed by atoms with E-state index in [1.54, 1.807) is 0 Å². The van der Waals surface area contributed by atoms with Gasteiger partial charge in [-0.1, -0.05) is 15.9 Å². The highest BCUT2D eigenvalue weighted by Crippen LogP contribution is 2.22. The van der Waals surface area contributed by atoms with Gasteiger partial charge in [0.2, 0.25) is 9.84 Å². The molecule has 0 rings (SSSR count). The summed E-state index contributed by atoms with van der Waals surface area (Å²) in [7, 11) is -3.38. The molecule has 0 atom stereocenters. The summed E-state index contributed by atoms with van der Waals surface area (Å²) in [6.45, 7) is 2.96. The van der Waals surface area contributed by atoms with Crippen molar-refractivity contribution >= 4 is 31.3 Å². The summed E-state index contributed by atoms with van der Waals surface area (Å²) in [5.74, 6) is 0. The minimum absolute atomic E-state index is 0.446. The van der Waals surface area contributed by atoms with Crippen molar-refractivity contribution in [2.45, 2.75) is 17.5 Å². The summed E-state index contributed by atoms with van der Waals surface area (Å²) < 4.78 is 20.4. The van der Waals surface area contributed by atoms with Gasteiger partial charge < -0.3 is 0 Å². The average molecular weight is 214 g/mol. The van der Waals surface area contributed by atoms with Crippen molar-refractivity contribution in [2.75, 3.05) is 0 Å². The van der Waals surface area contributed by atoms with Crippen LogP contribution >= 0.6 is 15.9 Å². The third kappa shape index (κ3) is 2.06. The largest absolute Gasteiger partial charge is 0.297 e. The number of nitrogens with one attached hydrogen (secondary N) is 1. The first-order valence-electron chi connectivity index (χ1n) is 2.25. The maximum absolute atomic E-state index is 10.7. The highest BCUT2D eigenvalue weighted by atomic mass is 79.9. The first-order valence-corrected chi connectivity index (χ1v) is 4.59. The van der Waals surface area contributed by atoms with Crippen molar-refractivity contribution in [1.82, 2.24) is 0 Å². The summed E-state index contributed by atoms with van der Waals surface area (Å²) >= 11 is 2.92. The van der Waals surface area contributed by atoms with E-state index < -0.39 is 13.5 Å². The Morgan fingerprint density at radius 2 is 1.89 bits per heavy atom. The third-order valence-corrected chi connectivity index (χ3v) is 3.85. The van der Waals surface area contributed by atoms with E-state index in [0.29, 0.717) is 5.55 Å². The Morgan fingerprint density at radius 3 is 1.89 bits per heavy atom. The fraction of sp³-hybridized carbons (Fsp3) is 0.750. The van der Waals surface area contributed by atoms with E-state index in [2.05, 4.69) is 15.9 Å². The van der Waals surface area contributed by atoms with Gasteiger partial charge in [-0.15, -0.1) is 0 Å². The van der Waals surface area contributed by atoms with Gasteiger partial charge in [-0.2, -0.15) is 0 Å². The van der Waals surface area contributed by atoms with Crippen LogP contribution in [0.1, 0.15) is 13.8 Å². The predicted octanol–water partition coefficient (Wildman–Crippen LogP) is 1.14. The molecule has 5 heteroatoms. The zero-order valence-electron chi connectivity index (χ0n) is 5.18. The summed E-state index contributed by atoms with van der Waals surface area (Å²) in [6.07, 6.45) is 0. The minimum Gasteiger partial charge on any atom is -0.297 e. The van der Waals surface area contributed by atoms with Crippen LogP contribution in [0.2, 0.25) is 0 Å². The molecule has 0 spiro atoms. The monoisotopic (exact) mass is 213 g/mol. The Bertz CT molecular complexity index is 201. The number of hydrogen-bond donors (Lipinski definition) is 1. The van der Waals surface area contributed by atoms with Crippen LogP contribution in [0.4, 0.5) is 0 Å². The molecular formula is C4H8BrNO2S. The molecule has 0 fully saturated rings. The summed E-state index contributed by atoms with van der Waals surface area (Å²) in [4.78, 5) is 0. The Labute approximate surface area is 63.0 Å². The van der Waals surface area contributed by atoms with Crippen molar-refractivity contribution in [2.24, 2.45) is 0 Å². The summed E-state index contributed by atoms with van der Waals surface area (Å²) in [5, 5.41) is 6.52. The summed E-state index contributed by atoms with van der Waals surface area (Å²) in [5.41, 5.74) is 0.446. The number of halogens is 1. The van der Waals surface area contributed by atoms with Crippen LogP contribution in [0.15, 0.2) is 0 Å². The number of sulfone groups is 1. The standard InChI is InChI=1S/C4H8BrNO2S/c1-4(2,5)9(7,8)3-6/h3,6H,1-2H3. The van der Waals surface area contributed by atoms with E-state index in [4.69, 9.17) is 5.41 Å². The second-order valence-electron chi connectivity index (χ2n) is 2.03. The topological polar surface area (TPSA) is 58.0 Å². The van der Waals surface area contributed by atoms with Gasteiger partial charge in [-0.3, -0.25) is 5.41 Å². The molecule has 0 heterocycles. The molecule has 0 saturated heterocycles. The second-order valence-corrected chi connectivity index (χ2v) is 6.88. The molecule has 0 aliphatic heterocycles. The van der Waals surface area contributed by atoms with E-state index >= 15 is 0 Å². The molecule has 1 N–H and O–H groups in total. The molecule has 0 aromatic rings. The smallest absolute Gasteiger partial charge is 0.203 e. The fourth-order valence-corrected chi connectivity index (χ4v) is 0.701. The molecule has 0 unspecified atom stereocenters. The maximum Gasteiger partial charge on any atom is 0.203 e. The quantitative estimate of drug-likeness (QED) is 0.425. The molecule has 0 aliphatic carbocycles. The molecular weight excluding hydrogens is 206 g/mol. The van der Waals surface area contributed by atoms with E-state index in [1.165, 1.54) is 13.8 Å². The van der Waals surface area contributed by atoms with Crippen LogP contribution in [0.3, 0.4) is 0 Å². The normalized spacial score (nSPS) is 13.2. The summed E-state index contributed by atoms with van der Waals surface area (Å²) in [6, 6.07) is 0. The van der Waals surface area contributed by atoms with Crippen molar-refractivity contribution in [3.05, 3.63) is 0 Å². The van der Waals surface area contributed by atoms with Crippen LogP contribution in [-0.4, -0.2) is 17.6 Å². The van der Waals surface area contributed by atoms with Crippen LogP contribution in [-0.2, 0) is 9.84 Å². The lowest BCUT2D eigenvalue weighted by Gasteiger charge is -2.11. The van der Waals surface area contributed by atoms with Crippen molar-refractivity contribution in [1.29, 1.82) is 5.41 Å². The Hall–Kier alpha value is 0.1000. The van der Waals surface area contributed by atoms with Gasteiger partial charge in [0.15, 0.2) is 0 Å². The maximum atomic E-state index is 10.7. The zero-order valence-corrected chi connectivity index (χ0v) is 7.58. The lowest BCUT2D eigenvalue weighted by molar-refractivity contribution is 0.596. The molecule has 0 saturated carbocycles. The lowest BCUT2D eigenvalue weighted by atomic mass is 10.6. The van der Waals surface area contributed by atoms with Gasteiger partial charge in [0.25, 0.3) is 0 Å². The average Bonchev–Trinajstić information content (AvgIpc) is 1.64. The molecule has 54 valence electrons. The Kier molecular flexibility index (Phi) is 2.41. The minimum atomic E-state index is -3.38. The van der Waals surface area contributed by atoms with Crippen molar-refractivity contribution < 1.29 is 8.42 Å². The molecule has 0 aliphatic rings. The first-order chi connectivity index (χ1) is 3.81. The predicted molar refractivity (Wildman–Crippen MR) is 40.7 cm³/mol. The van der Waals surface area contributed by atoms with Gasteiger partial charge in [-0.05, 0) is 13.8 Å². The van der Waals surface area contributed by atoms with E-state index in [0.717, 1.165) is 0 Å². The fourth-order valence-electron chi connectivity index (χ4n) is 0.140. The zero-order chi connectivity index (χ0) is 7.71. The van der Waals surface area contributed by atoms with Gasteiger partial charge in [0.05, 0.1) is 0 Å². The van der Waals surface area contributed by atoms with Gasteiger partial charge in [0, 0.05) is 0 Å². The van der Waals surface area contributed by atoms with E-state index in [1.807, 2.05) is 0 Å². The SMILES string of the molecule is CC(C)(Br)S(=O)(=O)C=N. The molecule has 0 radical (unpaired) electrons. The second kappa shape index (κ2) is 2.38. The number of hydrogen-bond acceptors (Lipinski definition) is 3. The Balaban J connectivity index is 4.79. The molecule has 0 aromatic carbocycles. The molecule has 9 heavy (non-hydrogen) atoms. The van der Waals surface area contributed by atoms with Gasteiger partial charge in [-0.25, -0.2) is 8.42 Å². The van der Waals surface area contributed by atoms with E-state index in [-0.39, 0.29) is 0 Å². The van der Waals surface area contributed by atoms with E-state index in [9.17, 15) is 8.42 Å². The van der Waals surface area contributed by atoms with Crippen LogP contribution in [0.25, 0.3) is 0 Å². The van der Waals surface area contributed by atoms with Gasteiger partial charge in [0.1, 0.15) is 9.20 Å². The molecule has 0 aromatic heterocycles. The lowest BCUT2D eigenvalue weighted by Crippen LogP contribution is -2.24. The van der Waals surface area contributed by atoms with Crippen LogP contribution < -0.4 is 0 Å². The molecule has 3 nitrogen and oxygen atoms in total. The highest BCUT2D eigenvalue weighted by Gasteiger charge is 2.28. The highest BCUT2D eigenvalue weighted by molar-refractivity contribution is 9.11.